The summed E-state index contributed by atoms with van der Waals surface area (Å²) in [4.78, 5) is 28.2. The molecule has 1 heterocycles. The number of nitrogens with zero attached hydrogens (tertiary/aromatic N) is 2. The van der Waals surface area contributed by atoms with Crippen molar-refractivity contribution >= 4 is 17.5 Å². The van der Waals surface area contributed by atoms with E-state index in [-0.39, 0.29) is 17.9 Å². The van der Waals surface area contributed by atoms with E-state index in [4.69, 9.17) is 0 Å². The van der Waals surface area contributed by atoms with Crippen LogP contribution >= 0.6 is 0 Å². The van der Waals surface area contributed by atoms with Gasteiger partial charge in [-0.3, -0.25) is 14.5 Å². The monoisotopic (exact) mass is 351 g/mol. The van der Waals surface area contributed by atoms with Crippen LogP contribution in [0.5, 0.6) is 0 Å². The van der Waals surface area contributed by atoms with Gasteiger partial charge in [-0.15, -0.1) is 0 Å². The molecule has 1 aliphatic rings. The molecule has 2 amide bonds. The summed E-state index contributed by atoms with van der Waals surface area (Å²) in [6.07, 6.45) is 0. The molecule has 1 fully saturated rings. The molecule has 2 aromatic rings. The number of piperazine rings is 1. The summed E-state index contributed by atoms with van der Waals surface area (Å²) in [6.45, 7) is 6.29. The summed E-state index contributed by atoms with van der Waals surface area (Å²) < 4.78 is 0. The molecule has 1 aliphatic heterocycles. The van der Waals surface area contributed by atoms with Crippen LogP contribution in [-0.2, 0) is 9.59 Å². The maximum absolute atomic E-state index is 12.8. The Balaban J connectivity index is 1.68. The zero-order chi connectivity index (χ0) is 18.5. The van der Waals surface area contributed by atoms with E-state index >= 15 is 0 Å². The predicted octanol–water partition coefficient (Wildman–Crippen LogP) is 2.84. The number of hydrogen-bond donors (Lipinski definition) is 1. The van der Waals surface area contributed by atoms with Gasteiger partial charge in [0.25, 0.3) is 0 Å². The van der Waals surface area contributed by atoms with Crippen LogP contribution in [0.1, 0.15) is 13.8 Å². The highest BCUT2D eigenvalue weighted by Crippen LogP contribution is 2.27. The van der Waals surface area contributed by atoms with E-state index in [0.717, 1.165) is 16.8 Å². The molecule has 26 heavy (non-hydrogen) atoms. The lowest BCUT2D eigenvalue weighted by molar-refractivity contribution is -0.131. The average Bonchev–Trinajstić information content (AvgIpc) is 2.68. The number of nitrogens with one attached hydrogen (secondary N) is 1. The van der Waals surface area contributed by atoms with Gasteiger partial charge < -0.3 is 10.2 Å². The molecule has 1 N–H and O–H groups in total. The van der Waals surface area contributed by atoms with E-state index in [1.165, 1.54) is 0 Å². The van der Waals surface area contributed by atoms with Gasteiger partial charge in [-0.1, -0.05) is 48.5 Å². The number of carbonyl (C=O) groups is 2. The van der Waals surface area contributed by atoms with Crippen LogP contribution in [-0.4, -0.2) is 53.8 Å². The van der Waals surface area contributed by atoms with Crippen LogP contribution in [0, 0.1) is 0 Å². The molecule has 5 nitrogen and oxygen atoms in total. The maximum atomic E-state index is 12.8. The van der Waals surface area contributed by atoms with Gasteiger partial charge in [0, 0.05) is 44.4 Å². The Bertz CT molecular complexity index is 768. The SMILES string of the molecule is CC(=O)N1CCN([C@H](C)C(=O)Nc2ccccc2-c2ccccc2)CC1. The molecular weight excluding hydrogens is 326 g/mol. The third-order valence-electron chi connectivity index (χ3n) is 4.96. The fourth-order valence-electron chi connectivity index (χ4n) is 3.29. The second-order valence-corrected chi connectivity index (χ2v) is 6.62. The lowest BCUT2D eigenvalue weighted by Gasteiger charge is -2.37. The van der Waals surface area contributed by atoms with Gasteiger partial charge >= 0.3 is 0 Å². The fourth-order valence-corrected chi connectivity index (χ4v) is 3.29. The van der Waals surface area contributed by atoms with Crippen molar-refractivity contribution in [2.75, 3.05) is 31.5 Å². The van der Waals surface area contributed by atoms with Gasteiger partial charge in [-0.05, 0) is 18.6 Å². The number of amides is 2. The van der Waals surface area contributed by atoms with Crippen LogP contribution in [0.4, 0.5) is 5.69 Å². The standard InChI is InChI=1S/C21H25N3O2/c1-16(23-12-14-24(15-13-23)17(2)25)21(26)22-20-11-7-6-10-19(20)18-8-4-3-5-9-18/h3-11,16H,12-15H2,1-2H3,(H,22,26)/t16-/m1/s1. The fraction of sp³-hybridized carbons (Fsp3) is 0.333. The van der Waals surface area contributed by atoms with Crippen LogP contribution < -0.4 is 5.32 Å². The normalized spacial score (nSPS) is 16.2. The van der Waals surface area contributed by atoms with Crippen molar-refractivity contribution in [3.63, 3.8) is 0 Å². The van der Waals surface area contributed by atoms with Crippen molar-refractivity contribution in [3.05, 3.63) is 54.6 Å². The van der Waals surface area contributed by atoms with E-state index in [0.29, 0.717) is 26.2 Å². The van der Waals surface area contributed by atoms with E-state index < -0.39 is 0 Å². The minimum absolute atomic E-state index is 0.0235. The summed E-state index contributed by atoms with van der Waals surface area (Å²) >= 11 is 0. The highest BCUT2D eigenvalue weighted by molar-refractivity contribution is 5.98. The molecular formula is C21H25N3O2. The van der Waals surface area contributed by atoms with Crippen molar-refractivity contribution in [1.29, 1.82) is 0 Å². The topological polar surface area (TPSA) is 52.7 Å². The third kappa shape index (κ3) is 4.11. The van der Waals surface area contributed by atoms with E-state index in [9.17, 15) is 9.59 Å². The van der Waals surface area contributed by atoms with Crippen LogP contribution in [0.2, 0.25) is 0 Å². The first-order valence-electron chi connectivity index (χ1n) is 9.01. The van der Waals surface area contributed by atoms with Gasteiger partial charge in [0.05, 0.1) is 6.04 Å². The number of hydrogen-bond acceptors (Lipinski definition) is 3. The van der Waals surface area contributed by atoms with Crippen LogP contribution in [0.15, 0.2) is 54.6 Å². The van der Waals surface area contributed by atoms with Gasteiger partial charge in [-0.25, -0.2) is 0 Å². The molecule has 3 rings (SSSR count). The molecule has 0 aliphatic carbocycles. The Labute approximate surface area is 154 Å². The highest BCUT2D eigenvalue weighted by atomic mass is 16.2. The smallest absolute Gasteiger partial charge is 0.241 e. The molecule has 1 saturated heterocycles. The molecule has 0 aromatic heterocycles. The summed E-state index contributed by atoms with van der Waals surface area (Å²) in [5, 5.41) is 3.08. The second-order valence-electron chi connectivity index (χ2n) is 6.62. The van der Waals surface area contributed by atoms with E-state index in [2.05, 4.69) is 10.2 Å². The largest absolute Gasteiger partial charge is 0.340 e. The van der Waals surface area contributed by atoms with Crippen molar-refractivity contribution in [3.8, 4) is 11.1 Å². The molecule has 2 aromatic carbocycles. The van der Waals surface area contributed by atoms with Crippen LogP contribution in [0.3, 0.4) is 0 Å². The first-order chi connectivity index (χ1) is 12.6. The van der Waals surface area contributed by atoms with Crippen LogP contribution in [0.25, 0.3) is 11.1 Å². The van der Waals surface area contributed by atoms with E-state index in [1.54, 1.807) is 6.92 Å². The summed E-state index contributed by atoms with van der Waals surface area (Å²) in [5.41, 5.74) is 2.90. The summed E-state index contributed by atoms with van der Waals surface area (Å²) in [5.74, 6) is 0.0724. The van der Waals surface area contributed by atoms with Crippen molar-refractivity contribution in [2.24, 2.45) is 0 Å². The van der Waals surface area contributed by atoms with Crippen molar-refractivity contribution in [1.82, 2.24) is 9.80 Å². The summed E-state index contributed by atoms with van der Waals surface area (Å²) in [6, 6.07) is 17.6. The lowest BCUT2D eigenvalue weighted by atomic mass is 10.0. The molecule has 5 heteroatoms. The minimum Gasteiger partial charge on any atom is -0.340 e. The molecule has 0 radical (unpaired) electrons. The van der Waals surface area contributed by atoms with Gasteiger partial charge in [-0.2, -0.15) is 0 Å². The average molecular weight is 351 g/mol. The van der Waals surface area contributed by atoms with Gasteiger partial charge in [0.1, 0.15) is 0 Å². The first kappa shape index (κ1) is 18.1. The molecule has 0 saturated carbocycles. The number of rotatable bonds is 4. The number of carbonyl (C=O) groups excluding carboxylic acids is 2. The third-order valence-corrected chi connectivity index (χ3v) is 4.96. The molecule has 0 unspecified atom stereocenters. The minimum atomic E-state index is -0.243. The Morgan fingerprint density at radius 2 is 1.54 bits per heavy atom. The molecule has 0 spiro atoms. The Morgan fingerprint density at radius 1 is 0.923 bits per heavy atom. The zero-order valence-electron chi connectivity index (χ0n) is 15.3. The number of para-hydroxylation sites is 1. The lowest BCUT2D eigenvalue weighted by Crippen LogP contribution is -2.53. The van der Waals surface area contributed by atoms with E-state index in [1.807, 2.05) is 66.4 Å². The predicted molar refractivity (Wildman–Crippen MR) is 104 cm³/mol. The Morgan fingerprint density at radius 3 is 2.19 bits per heavy atom. The maximum Gasteiger partial charge on any atom is 0.241 e. The van der Waals surface area contributed by atoms with Crippen molar-refractivity contribution in [2.45, 2.75) is 19.9 Å². The Kier molecular flexibility index (Phi) is 5.68. The van der Waals surface area contributed by atoms with Gasteiger partial charge in [0.2, 0.25) is 11.8 Å². The van der Waals surface area contributed by atoms with Gasteiger partial charge in [0.15, 0.2) is 0 Å². The molecule has 136 valence electrons. The quantitative estimate of drug-likeness (QED) is 0.922. The molecule has 1 atom stereocenters. The number of benzene rings is 2. The first-order valence-corrected chi connectivity index (χ1v) is 9.01. The second kappa shape index (κ2) is 8.15. The van der Waals surface area contributed by atoms with Crippen molar-refractivity contribution < 1.29 is 9.59 Å². The number of anilines is 1. The molecule has 0 bridgehead atoms. The zero-order valence-corrected chi connectivity index (χ0v) is 15.3. The highest BCUT2D eigenvalue weighted by Gasteiger charge is 2.26. The Hall–Kier alpha value is -2.66. The summed E-state index contributed by atoms with van der Waals surface area (Å²) in [7, 11) is 0.